The van der Waals surface area contributed by atoms with Crippen molar-refractivity contribution in [3.8, 4) is 45.8 Å². The number of pyridine rings is 2. The van der Waals surface area contributed by atoms with Gasteiger partial charge in [0, 0.05) is 112 Å². The zero-order valence-corrected chi connectivity index (χ0v) is 75.5. The van der Waals surface area contributed by atoms with Gasteiger partial charge in [-0.25, -0.2) is 47.5 Å². The predicted molar refractivity (Wildman–Crippen MR) is 476 cm³/mol. The Bertz CT molecular complexity index is 5410. The predicted octanol–water partition coefficient (Wildman–Crippen LogP) is 12.1. The third-order valence-electron chi connectivity index (χ3n) is 24.4. The van der Waals surface area contributed by atoms with E-state index < -0.39 is 129 Å². The number of hydrogen-bond donors (Lipinski definition) is 10. The van der Waals surface area contributed by atoms with Crippen LogP contribution in [0.1, 0.15) is 170 Å². The van der Waals surface area contributed by atoms with Crippen LogP contribution in [0.25, 0.3) is 44.6 Å². The van der Waals surface area contributed by atoms with Crippen LogP contribution in [0.5, 0.6) is 23.0 Å². The van der Waals surface area contributed by atoms with Gasteiger partial charge in [0.2, 0.25) is 33.7 Å². The van der Waals surface area contributed by atoms with E-state index in [2.05, 4.69) is 42.5 Å². The van der Waals surface area contributed by atoms with E-state index in [1.54, 1.807) is 62.1 Å². The first kappa shape index (κ1) is 90.7. The summed E-state index contributed by atoms with van der Waals surface area (Å²) in [5.74, 6) is -3.43. The molecule has 8 aliphatic rings. The molecule has 2 unspecified atom stereocenters. The van der Waals surface area contributed by atoms with E-state index in [1.807, 2.05) is 110 Å². The average molecular weight is 1790 g/mol. The van der Waals surface area contributed by atoms with Gasteiger partial charge in [0.1, 0.15) is 81.8 Å². The van der Waals surface area contributed by atoms with Crippen molar-refractivity contribution >= 4 is 130 Å². The number of thiophene rings is 1. The highest BCUT2D eigenvalue weighted by Crippen LogP contribution is 2.48. The van der Waals surface area contributed by atoms with Gasteiger partial charge in [-0.1, -0.05) is 84.6 Å². The summed E-state index contributed by atoms with van der Waals surface area (Å²) >= 11 is 4.28. The monoisotopic (exact) mass is 1790 g/mol. The molecule has 5 aliphatic heterocycles. The summed E-state index contributed by atoms with van der Waals surface area (Å²) in [5.41, 5.74) is -0.0475. The second-order valence-electron chi connectivity index (χ2n) is 35.9. The number of nitrogens with zero attached hydrogens (tertiary/aromatic N) is 7. The Balaban J connectivity index is 0.000000204. The van der Waals surface area contributed by atoms with E-state index in [1.165, 1.54) is 48.1 Å². The van der Waals surface area contributed by atoms with Gasteiger partial charge in [0.05, 0.1) is 60.7 Å². The second-order valence-corrected chi connectivity index (χ2v) is 40.5. The number of anilines is 2. The topological polar surface area (TPSA) is 423 Å². The van der Waals surface area contributed by atoms with Gasteiger partial charge >= 0.3 is 24.0 Å². The highest BCUT2D eigenvalue weighted by Gasteiger charge is 2.63. The van der Waals surface area contributed by atoms with Crippen molar-refractivity contribution in [3.05, 3.63) is 99.9 Å². The van der Waals surface area contributed by atoms with Crippen molar-refractivity contribution < 1.29 is 80.7 Å². The molecule has 125 heavy (non-hydrogen) atoms. The summed E-state index contributed by atoms with van der Waals surface area (Å²) in [6.07, 6.45) is 14.6. The summed E-state index contributed by atoms with van der Waals surface area (Å²) in [4.78, 5) is 148. The minimum absolute atomic E-state index is 0.00806. The van der Waals surface area contributed by atoms with Gasteiger partial charge in [-0.2, -0.15) is 4.31 Å². The first-order valence-corrected chi connectivity index (χ1v) is 47.3. The fourth-order valence-electron chi connectivity index (χ4n) is 17.0. The maximum absolute atomic E-state index is 15.0. The van der Waals surface area contributed by atoms with Crippen LogP contribution < -0.4 is 61.5 Å². The molecule has 5 aromatic heterocycles. The number of carbonyl (C=O) groups excluding carboxylic acids is 7. The SMILES string of the molecule is COc1ccc2c(O[C@@H]3C[C@H]4C(=O)N[C@]5(C(=O)O)CC5/C=C\CCCCC[C@H](NC(=O)N[C@H](C(=O)C5CC5)C(C)C)C(=O)N4C3)cc(-c3csc(NC(C)C)n3)nc2c1.COc1ccc2c(O[C@@H]3C[C@H]4C(=O)N[C@]5(C(=O)O)CC5/C=C\CCCCC[C@H](NC(=O)N[C@H](CN5Cc6sccc6S5(=O)=O)C(C)(C)C)C(=O)N4C3)cc(-c3csc(NC(C)C)n3)nc2c1. The molecule has 3 saturated carbocycles. The van der Waals surface area contributed by atoms with Crippen LogP contribution in [-0.2, 0) is 50.1 Å². The van der Waals surface area contributed by atoms with Gasteiger partial charge in [0.25, 0.3) is 0 Å². The second kappa shape index (κ2) is 37.9. The maximum atomic E-state index is 15.0. The number of Topliss-reactive ketones (excluding diaryl/α,β-unsaturated/α-hetero) is 1. The van der Waals surface area contributed by atoms with E-state index in [-0.39, 0.29) is 98.8 Å². The summed E-state index contributed by atoms with van der Waals surface area (Å²) in [6.45, 7) is 17.8. The molecule has 10 N–H and O–H groups in total. The molecule has 0 spiro atoms. The van der Waals surface area contributed by atoms with Crippen LogP contribution in [0.15, 0.2) is 99.9 Å². The standard InChI is InChI=1S/C46H58N8O9S3.C43H55N7O8S/c1-26(2)47-44-50-34(25-65-44)33-20-36(30-15-14-28(62-6)18-32(30)48-33)63-29-19-35-40(55)52-46(42(57)58)21-27(46)12-10-8-7-9-11-13-31(41(56)54(35)22-29)49-43(59)51-39(45(3,4)5)24-53-23-37-38(16-17-64-37)66(53,60)61;1-23(2)36(37(51)25-13-14-25)48-41(56)46-30-12-10-8-6-7-9-11-26-20-43(26,40(54)55)49-38(52)34-18-28(21-50(34)39(30)53)58-35-19-32(33-22-59-42(47-33)44-24(3)4)45-31-17-27(57-5)15-16-29(31)35/h10,12,14-18,20,25-27,29,31,35,39H,7-9,11,13,19,21-24H2,1-6H3,(H,47,50)(H,52,55)(H,57,58)(H2,49,51,59);9,11,15-17,19,22-26,28,30,34,36H,6-8,10,12-14,18,20-21H2,1-5H3,(H,44,47)(H,49,52)(H,54,55)(H2,46,48,56)/b12-10-;11-9-/t27?,29-,31+,35+,39-,46-;26?,28-,30+,34+,36+,43-/m11/s1. The number of methoxy groups -OCH3 is 2. The maximum Gasteiger partial charge on any atom is 0.330 e. The lowest BCUT2D eigenvalue weighted by molar-refractivity contribution is -0.146. The van der Waals surface area contributed by atoms with Crippen LogP contribution in [-0.4, -0.2) is 212 Å². The Morgan fingerprint density at radius 2 is 1.07 bits per heavy atom. The van der Waals surface area contributed by atoms with Crippen molar-refractivity contribution in [2.45, 2.75) is 248 Å². The van der Waals surface area contributed by atoms with Gasteiger partial charge < -0.3 is 81.5 Å². The molecule has 15 rings (SSSR count). The smallest absolute Gasteiger partial charge is 0.330 e. The number of benzene rings is 2. The molecule has 0 bridgehead atoms. The summed E-state index contributed by atoms with van der Waals surface area (Å²) in [7, 11) is -0.603. The highest BCUT2D eigenvalue weighted by atomic mass is 32.2. The number of fused-ring (bicyclic) bond motifs is 7. The number of carboxylic acid groups (broad SMARTS) is 2. The van der Waals surface area contributed by atoms with Crippen molar-refractivity contribution in [3.63, 3.8) is 0 Å². The number of amides is 8. The van der Waals surface area contributed by atoms with Crippen LogP contribution in [0.2, 0.25) is 0 Å². The first-order chi connectivity index (χ1) is 59.6. The number of carbonyl (C=O) groups is 9. The lowest BCUT2D eigenvalue weighted by Gasteiger charge is -2.35. The number of ketones is 1. The largest absolute Gasteiger partial charge is 0.497 e. The average Bonchev–Trinajstić information content (AvgIpc) is 1.58. The summed E-state index contributed by atoms with van der Waals surface area (Å²) in [5, 5.41) is 53.0. The van der Waals surface area contributed by atoms with Gasteiger partial charge in [-0.3, -0.25) is 24.0 Å². The number of aromatic nitrogens is 4. The Kier molecular flexibility index (Phi) is 27.5. The minimum atomic E-state index is -3.74. The number of sulfonamides is 1. The quantitative estimate of drug-likeness (QED) is 0.0266. The van der Waals surface area contributed by atoms with Crippen LogP contribution in [0.4, 0.5) is 19.9 Å². The fraction of sp³-hybridized carbons (Fsp3) is 0.539. The van der Waals surface area contributed by atoms with E-state index in [0.717, 1.165) is 60.1 Å². The van der Waals surface area contributed by atoms with Crippen molar-refractivity contribution in [1.82, 2.24) is 65.9 Å². The lowest BCUT2D eigenvalue weighted by Crippen LogP contribution is -2.59. The Hall–Kier alpha value is -10.6. The van der Waals surface area contributed by atoms with Crippen LogP contribution in [0.3, 0.4) is 0 Å². The summed E-state index contributed by atoms with van der Waals surface area (Å²) in [6, 6.07) is 9.44. The third kappa shape index (κ3) is 20.8. The van der Waals surface area contributed by atoms with E-state index in [0.29, 0.717) is 93.3 Å². The Labute approximate surface area is 739 Å². The van der Waals surface area contributed by atoms with Gasteiger partial charge in [-0.15, -0.1) is 34.0 Å². The van der Waals surface area contributed by atoms with Gasteiger partial charge in [0.15, 0.2) is 16.0 Å². The number of rotatable bonds is 23. The fourth-order valence-corrected chi connectivity index (χ4v) is 21.6. The number of hydrogen-bond acceptors (Lipinski definition) is 24. The molecule has 3 aliphatic carbocycles. The number of allylic oxidation sites excluding steroid dienone is 2. The molecule has 10 heterocycles. The number of carboxylic acids is 2. The molecule has 670 valence electrons. The molecular formula is C89H113N15O17S4. The number of urea groups is 2. The zero-order valence-electron chi connectivity index (χ0n) is 72.2. The molecule has 36 heteroatoms. The first-order valence-electron chi connectivity index (χ1n) is 43.2. The molecule has 2 aromatic carbocycles. The summed E-state index contributed by atoms with van der Waals surface area (Å²) < 4.78 is 52.8. The van der Waals surface area contributed by atoms with Crippen LogP contribution >= 0.6 is 34.0 Å². The number of nitrogens with one attached hydrogen (secondary N) is 8. The lowest BCUT2D eigenvalue weighted by atomic mass is 9.86. The van der Waals surface area contributed by atoms with Crippen molar-refractivity contribution in [1.29, 1.82) is 0 Å². The zero-order chi connectivity index (χ0) is 89.1. The number of thiazole rings is 2. The van der Waals surface area contributed by atoms with E-state index in [9.17, 15) is 61.8 Å². The van der Waals surface area contributed by atoms with Crippen LogP contribution in [0, 0.1) is 29.1 Å². The minimum Gasteiger partial charge on any atom is -0.497 e. The normalized spacial score (nSPS) is 25.6. The molecule has 0 radical (unpaired) electrons. The highest BCUT2D eigenvalue weighted by molar-refractivity contribution is 7.89. The van der Waals surface area contributed by atoms with E-state index in [4.69, 9.17) is 38.9 Å². The molecule has 7 aromatic rings. The third-order valence-corrected chi connectivity index (χ3v) is 28.9. The Morgan fingerprint density at radius 1 is 0.600 bits per heavy atom. The molecule has 8 amide bonds. The van der Waals surface area contributed by atoms with Crippen molar-refractivity contribution in [2.24, 2.45) is 29.1 Å². The molecule has 2 saturated heterocycles. The molecule has 12 atom stereocenters. The number of ether oxygens (including phenoxy) is 4. The molecule has 32 nitrogen and oxygen atoms in total. The van der Waals surface area contributed by atoms with E-state index >= 15 is 0 Å². The Morgan fingerprint density at radius 3 is 1.50 bits per heavy atom. The van der Waals surface area contributed by atoms with Gasteiger partial charge in [-0.05, 0) is 139 Å². The molecule has 5 fully saturated rings. The number of aliphatic carboxylic acids is 2. The van der Waals surface area contributed by atoms with Crippen molar-refractivity contribution in [2.75, 3.05) is 44.5 Å². The molecular weight excluding hydrogens is 1680 g/mol.